The van der Waals surface area contributed by atoms with E-state index in [2.05, 4.69) is 15.6 Å². The Morgan fingerprint density at radius 3 is 2.54 bits per heavy atom. The summed E-state index contributed by atoms with van der Waals surface area (Å²) in [4.78, 5) is 27.5. The van der Waals surface area contributed by atoms with Gasteiger partial charge < -0.3 is 26.1 Å². The van der Waals surface area contributed by atoms with E-state index in [4.69, 9.17) is 10.5 Å². The Balaban J connectivity index is 1.59. The van der Waals surface area contributed by atoms with Crippen LogP contribution in [0.4, 0.5) is 0 Å². The molecular weight excluding hydrogens is 332 g/mol. The first-order valence-corrected chi connectivity index (χ1v) is 9.06. The third-order valence-corrected chi connectivity index (χ3v) is 4.93. The van der Waals surface area contributed by atoms with Gasteiger partial charge in [-0.25, -0.2) is 0 Å². The van der Waals surface area contributed by atoms with Gasteiger partial charge >= 0.3 is 0 Å². The van der Waals surface area contributed by atoms with Crippen LogP contribution >= 0.6 is 0 Å². The minimum absolute atomic E-state index is 0.00544. The molecule has 2 aromatic rings. The molecule has 5 N–H and O–H groups in total. The first-order chi connectivity index (χ1) is 12.6. The third-order valence-electron chi connectivity index (χ3n) is 4.93. The number of aromatic nitrogens is 1. The van der Waals surface area contributed by atoms with E-state index < -0.39 is 0 Å². The molecule has 26 heavy (non-hydrogen) atoms. The zero-order chi connectivity index (χ0) is 18.5. The maximum Gasteiger partial charge on any atom is 0.253 e. The van der Waals surface area contributed by atoms with Crippen LogP contribution in [0.1, 0.15) is 42.5 Å². The topological polar surface area (TPSA) is 109 Å². The van der Waals surface area contributed by atoms with E-state index in [9.17, 15) is 9.59 Å². The summed E-state index contributed by atoms with van der Waals surface area (Å²) in [5, 5.41) is 6.92. The molecule has 3 rings (SSSR count). The van der Waals surface area contributed by atoms with Crippen molar-refractivity contribution in [3.8, 4) is 5.75 Å². The van der Waals surface area contributed by atoms with E-state index in [0.29, 0.717) is 24.3 Å². The standard InChI is InChI=1S/C19H26N4O3/c1-26-16-4-2-3-15-18(16)14(11-21-15)19(25)23-13-7-5-12(6-8-13)22-17(24)9-10-20/h2-4,11-13,21H,5-10,20H2,1H3,(H,22,24)(H,23,25)/t12-,13-. The lowest BCUT2D eigenvalue weighted by molar-refractivity contribution is -0.121. The maximum absolute atomic E-state index is 12.7. The van der Waals surface area contributed by atoms with Gasteiger partial charge in [0.2, 0.25) is 5.91 Å². The van der Waals surface area contributed by atoms with Crippen molar-refractivity contribution in [2.24, 2.45) is 5.73 Å². The molecule has 7 nitrogen and oxygen atoms in total. The lowest BCUT2D eigenvalue weighted by Gasteiger charge is -2.29. The van der Waals surface area contributed by atoms with Crippen LogP contribution in [-0.4, -0.2) is 42.5 Å². The number of rotatable bonds is 6. The lowest BCUT2D eigenvalue weighted by Crippen LogP contribution is -2.44. The van der Waals surface area contributed by atoms with Gasteiger partial charge in [0.05, 0.1) is 18.1 Å². The van der Waals surface area contributed by atoms with Crippen LogP contribution in [0.5, 0.6) is 5.75 Å². The molecule has 7 heteroatoms. The molecule has 0 atom stereocenters. The monoisotopic (exact) mass is 358 g/mol. The predicted octanol–water partition coefficient (Wildman–Crippen LogP) is 1.68. The maximum atomic E-state index is 12.7. The molecule has 0 radical (unpaired) electrons. The van der Waals surface area contributed by atoms with Crippen LogP contribution in [0, 0.1) is 0 Å². The van der Waals surface area contributed by atoms with Crippen LogP contribution in [-0.2, 0) is 4.79 Å². The Hall–Kier alpha value is -2.54. The van der Waals surface area contributed by atoms with Crippen molar-refractivity contribution in [3.63, 3.8) is 0 Å². The summed E-state index contributed by atoms with van der Waals surface area (Å²) in [7, 11) is 1.60. The number of fused-ring (bicyclic) bond motifs is 1. The molecule has 0 saturated heterocycles. The number of hydrogen-bond donors (Lipinski definition) is 4. The van der Waals surface area contributed by atoms with E-state index in [1.807, 2.05) is 18.2 Å². The number of ether oxygens (including phenoxy) is 1. The number of H-pyrrole nitrogens is 1. The number of aromatic amines is 1. The van der Waals surface area contributed by atoms with Gasteiger partial charge in [-0.3, -0.25) is 9.59 Å². The van der Waals surface area contributed by atoms with E-state index in [-0.39, 0.29) is 23.9 Å². The average Bonchev–Trinajstić information content (AvgIpc) is 3.08. The number of nitrogens with two attached hydrogens (primary N) is 1. The summed E-state index contributed by atoms with van der Waals surface area (Å²) in [5.74, 6) is 0.586. The summed E-state index contributed by atoms with van der Waals surface area (Å²) >= 11 is 0. The number of nitrogens with one attached hydrogen (secondary N) is 3. The molecular formula is C19H26N4O3. The molecule has 1 aromatic carbocycles. The minimum Gasteiger partial charge on any atom is -0.496 e. The molecule has 0 spiro atoms. The second kappa shape index (κ2) is 8.23. The van der Waals surface area contributed by atoms with Gasteiger partial charge in [-0.1, -0.05) is 6.07 Å². The number of benzene rings is 1. The lowest BCUT2D eigenvalue weighted by atomic mass is 9.91. The molecule has 2 amide bonds. The number of amides is 2. The van der Waals surface area contributed by atoms with Crippen molar-refractivity contribution >= 4 is 22.7 Å². The minimum atomic E-state index is -0.101. The fourth-order valence-electron chi connectivity index (χ4n) is 3.58. The van der Waals surface area contributed by atoms with Crippen molar-refractivity contribution in [3.05, 3.63) is 30.0 Å². The highest BCUT2D eigenvalue weighted by Crippen LogP contribution is 2.29. The van der Waals surface area contributed by atoms with Crippen molar-refractivity contribution in [1.82, 2.24) is 15.6 Å². The van der Waals surface area contributed by atoms with Crippen LogP contribution in [0.3, 0.4) is 0 Å². The number of carbonyl (C=O) groups is 2. The van der Waals surface area contributed by atoms with Crippen molar-refractivity contribution in [2.75, 3.05) is 13.7 Å². The Labute approximate surface area is 152 Å². The van der Waals surface area contributed by atoms with Crippen molar-refractivity contribution in [2.45, 2.75) is 44.2 Å². The third kappa shape index (κ3) is 3.99. The van der Waals surface area contributed by atoms with Gasteiger partial charge in [0, 0.05) is 36.8 Å². The van der Waals surface area contributed by atoms with Gasteiger partial charge in [0.1, 0.15) is 5.75 Å². The quantitative estimate of drug-likeness (QED) is 0.630. The van der Waals surface area contributed by atoms with E-state index in [1.54, 1.807) is 13.3 Å². The largest absolute Gasteiger partial charge is 0.496 e. The molecule has 0 unspecified atom stereocenters. The summed E-state index contributed by atoms with van der Waals surface area (Å²) in [5.41, 5.74) is 6.87. The van der Waals surface area contributed by atoms with Gasteiger partial charge in [0.15, 0.2) is 0 Å². The fraction of sp³-hybridized carbons (Fsp3) is 0.474. The highest BCUT2D eigenvalue weighted by atomic mass is 16.5. The molecule has 1 saturated carbocycles. The Bertz CT molecular complexity index is 778. The summed E-state index contributed by atoms with van der Waals surface area (Å²) in [6.07, 6.45) is 5.49. The molecule has 1 aliphatic carbocycles. The molecule has 1 heterocycles. The number of hydrogen-bond acceptors (Lipinski definition) is 4. The van der Waals surface area contributed by atoms with Crippen molar-refractivity contribution < 1.29 is 14.3 Å². The smallest absolute Gasteiger partial charge is 0.253 e. The first kappa shape index (κ1) is 18.3. The van der Waals surface area contributed by atoms with E-state index >= 15 is 0 Å². The Kier molecular flexibility index (Phi) is 5.78. The highest BCUT2D eigenvalue weighted by molar-refractivity contribution is 6.09. The van der Waals surface area contributed by atoms with Crippen LogP contribution in [0.2, 0.25) is 0 Å². The molecule has 0 aliphatic heterocycles. The van der Waals surface area contributed by atoms with E-state index in [1.165, 1.54) is 0 Å². The summed E-state index contributed by atoms with van der Waals surface area (Å²) in [6.45, 7) is 0.366. The number of methoxy groups -OCH3 is 1. The molecule has 140 valence electrons. The SMILES string of the molecule is COc1cccc2[nH]cc(C(=O)N[C@H]3CC[C@H](NC(=O)CCN)CC3)c12. The molecule has 0 bridgehead atoms. The zero-order valence-corrected chi connectivity index (χ0v) is 15.0. The van der Waals surface area contributed by atoms with E-state index in [0.717, 1.165) is 36.6 Å². The van der Waals surface area contributed by atoms with Crippen molar-refractivity contribution in [1.29, 1.82) is 0 Å². The van der Waals surface area contributed by atoms with Crippen LogP contribution in [0.15, 0.2) is 24.4 Å². The second-order valence-electron chi connectivity index (χ2n) is 6.71. The van der Waals surface area contributed by atoms with Crippen LogP contribution < -0.4 is 21.1 Å². The highest BCUT2D eigenvalue weighted by Gasteiger charge is 2.25. The van der Waals surface area contributed by atoms with Gasteiger partial charge in [0.25, 0.3) is 5.91 Å². The Morgan fingerprint density at radius 1 is 1.19 bits per heavy atom. The van der Waals surface area contributed by atoms with Gasteiger partial charge in [-0.2, -0.15) is 0 Å². The zero-order valence-electron chi connectivity index (χ0n) is 15.0. The van der Waals surface area contributed by atoms with Gasteiger partial charge in [-0.05, 0) is 37.8 Å². The van der Waals surface area contributed by atoms with Gasteiger partial charge in [-0.15, -0.1) is 0 Å². The summed E-state index contributed by atoms with van der Waals surface area (Å²) in [6, 6.07) is 5.95. The predicted molar refractivity (Wildman–Crippen MR) is 100 cm³/mol. The second-order valence-corrected chi connectivity index (χ2v) is 6.71. The van der Waals surface area contributed by atoms with Crippen LogP contribution in [0.25, 0.3) is 10.9 Å². The number of carbonyl (C=O) groups excluding carboxylic acids is 2. The molecule has 1 fully saturated rings. The summed E-state index contributed by atoms with van der Waals surface area (Å²) < 4.78 is 5.39. The first-order valence-electron chi connectivity index (χ1n) is 9.06. The molecule has 1 aromatic heterocycles. The normalized spacial score (nSPS) is 19.9. The Morgan fingerprint density at radius 2 is 1.88 bits per heavy atom. The molecule has 1 aliphatic rings. The fourth-order valence-corrected chi connectivity index (χ4v) is 3.58. The average molecular weight is 358 g/mol.